The molecule has 2 bridgehead atoms. The number of benzene rings is 1. The molecule has 0 radical (unpaired) electrons. The first-order valence-electron chi connectivity index (χ1n) is 8.98. The number of thiazole rings is 1. The van der Waals surface area contributed by atoms with Gasteiger partial charge in [0.1, 0.15) is 0 Å². The van der Waals surface area contributed by atoms with Crippen LogP contribution >= 0.6 is 11.3 Å². The summed E-state index contributed by atoms with van der Waals surface area (Å²) < 4.78 is 0. The topological polar surface area (TPSA) is 50.3 Å². The minimum atomic E-state index is -0.274. The quantitative estimate of drug-likeness (QED) is 0.732. The second-order valence-electron chi connectivity index (χ2n) is 7.48. The number of hydrogen-bond donors (Lipinski definition) is 0. The summed E-state index contributed by atoms with van der Waals surface area (Å²) in [6, 6.07) is 8.39. The molecule has 0 N–H and O–H groups in total. The number of imide groups is 1. The molecule has 1 aromatic heterocycles. The van der Waals surface area contributed by atoms with Crippen LogP contribution in [-0.4, -0.2) is 16.8 Å². The molecular formula is C21H16N2O2S. The molecule has 4 nitrogen and oxygen atoms in total. The van der Waals surface area contributed by atoms with Crippen LogP contribution in [0.25, 0.3) is 0 Å². The zero-order valence-electron chi connectivity index (χ0n) is 13.9. The number of anilines is 1. The third kappa shape index (κ3) is 1.62. The molecule has 1 saturated heterocycles. The van der Waals surface area contributed by atoms with E-state index in [1.807, 2.05) is 17.5 Å². The van der Waals surface area contributed by atoms with Gasteiger partial charge in [-0.1, -0.05) is 48.6 Å². The monoisotopic (exact) mass is 360 g/mol. The number of rotatable bonds is 1. The Morgan fingerprint density at radius 3 is 1.92 bits per heavy atom. The van der Waals surface area contributed by atoms with Gasteiger partial charge < -0.3 is 0 Å². The van der Waals surface area contributed by atoms with Gasteiger partial charge in [0.05, 0.1) is 11.8 Å². The maximum atomic E-state index is 13.4. The zero-order valence-corrected chi connectivity index (χ0v) is 14.7. The van der Waals surface area contributed by atoms with E-state index in [0.717, 1.165) is 0 Å². The Morgan fingerprint density at radius 2 is 1.42 bits per heavy atom. The molecular weight excluding hydrogens is 344 g/mol. The summed E-state index contributed by atoms with van der Waals surface area (Å²) in [4.78, 5) is 32.3. The summed E-state index contributed by atoms with van der Waals surface area (Å²) in [6.07, 6.45) is 10.3. The first-order valence-corrected chi connectivity index (χ1v) is 9.86. The van der Waals surface area contributed by atoms with Gasteiger partial charge in [-0.2, -0.15) is 0 Å². The van der Waals surface area contributed by atoms with Crippen molar-refractivity contribution in [2.24, 2.45) is 23.7 Å². The van der Waals surface area contributed by atoms with Gasteiger partial charge >= 0.3 is 0 Å². The number of amides is 2. The molecule has 4 aliphatic carbocycles. The van der Waals surface area contributed by atoms with E-state index >= 15 is 0 Å². The zero-order chi connectivity index (χ0) is 17.4. The number of aromatic nitrogens is 1. The molecule has 1 aliphatic heterocycles. The molecule has 2 fully saturated rings. The second kappa shape index (κ2) is 5.01. The lowest BCUT2D eigenvalue weighted by molar-refractivity contribution is -0.125. The molecule has 0 unspecified atom stereocenters. The van der Waals surface area contributed by atoms with E-state index in [1.165, 1.54) is 27.4 Å². The smallest absolute Gasteiger partial charge is 0.240 e. The van der Waals surface area contributed by atoms with Gasteiger partial charge in [0, 0.05) is 23.4 Å². The Labute approximate surface area is 154 Å². The van der Waals surface area contributed by atoms with Gasteiger partial charge in [-0.25, -0.2) is 9.88 Å². The standard InChI is InChI=1S/C21H16N2O2S/c24-19-17-15-11-5-1-2-6-12(11)16(14-8-4-3-7-13(14)15)18(17)20(25)23(19)21-22-9-10-26-21/h1-12,15-18H/t11-,12+,15-,16-,17+,18-/m1/s1. The summed E-state index contributed by atoms with van der Waals surface area (Å²) in [7, 11) is 0. The highest BCUT2D eigenvalue weighted by atomic mass is 32.1. The van der Waals surface area contributed by atoms with E-state index in [0.29, 0.717) is 5.13 Å². The summed E-state index contributed by atoms with van der Waals surface area (Å²) in [5, 5.41) is 2.32. The van der Waals surface area contributed by atoms with Crippen LogP contribution in [0.15, 0.2) is 60.1 Å². The van der Waals surface area contributed by atoms with E-state index < -0.39 is 0 Å². The molecule has 5 aliphatic rings. The molecule has 128 valence electrons. The highest BCUT2D eigenvalue weighted by Gasteiger charge is 2.65. The minimum Gasteiger partial charge on any atom is -0.274 e. The Bertz CT molecular complexity index is 930. The Kier molecular flexibility index (Phi) is 2.82. The molecule has 6 atom stereocenters. The maximum Gasteiger partial charge on any atom is 0.240 e. The third-order valence-electron chi connectivity index (χ3n) is 6.55. The van der Waals surface area contributed by atoms with Crippen molar-refractivity contribution in [2.45, 2.75) is 11.8 Å². The molecule has 26 heavy (non-hydrogen) atoms. The fourth-order valence-corrected chi connectivity index (χ4v) is 6.39. The van der Waals surface area contributed by atoms with E-state index in [4.69, 9.17) is 0 Å². The summed E-state index contributed by atoms with van der Waals surface area (Å²) in [5.74, 6) is 0.0139. The highest BCUT2D eigenvalue weighted by Crippen LogP contribution is 2.64. The van der Waals surface area contributed by atoms with Crippen LogP contribution in [0.3, 0.4) is 0 Å². The van der Waals surface area contributed by atoms with Crippen LogP contribution in [0.2, 0.25) is 0 Å². The summed E-state index contributed by atoms with van der Waals surface area (Å²) >= 11 is 1.35. The lowest BCUT2D eigenvalue weighted by Crippen LogP contribution is -2.49. The summed E-state index contributed by atoms with van der Waals surface area (Å²) in [6.45, 7) is 0. The van der Waals surface area contributed by atoms with Crippen molar-refractivity contribution in [1.82, 2.24) is 4.98 Å². The number of nitrogens with zero attached hydrogens (tertiary/aromatic N) is 2. The number of carbonyl (C=O) groups excluding carboxylic acids is 2. The minimum absolute atomic E-state index is 0.0637. The molecule has 2 amide bonds. The van der Waals surface area contributed by atoms with Crippen molar-refractivity contribution in [3.8, 4) is 0 Å². The van der Waals surface area contributed by atoms with E-state index in [9.17, 15) is 9.59 Å². The molecule has 2 heterocycles. The van der Waals surface area contributed by atoms with Crippen molar-refractivity contribution in [2.75, 3.05) is 4.90 Å². The van der Waals surface area contributed by atoms with Crippen LogP contribution in [0.4, 0.5) is 5.13 Å². The number of allylic oxidation sites excluding steroid dienone is 4. The Hall–Kier alpha value is -2.53. The highest BCUT2D eigenvalue weighted by molar-refractivity contribution is 7.14. The van der Waals surface area contributed by atoms with Gasteiger partial charge in [-0.15, -0.1) is 11.3 Å². The lowest BCUT2D eigenvalue weighted by atomic mass is 9.48. The predicted octanol–water partition coefficient (Wildman–Crippen LogP) is 3.50. The van der Waals surface area contributed by atoms with Gasteiger partial charge in [0.2, 0.25) is 11.8 Å². The van der Waals surface area contributed by atoms with Crippen molar-refractivity contribution < 1.29 is 9.59 Å². The Balaban J connectivity index is 1.57. The van der Waals surface area contributed by atoms with Crippen molar-refractivity contribution >= 4 is 28.3 Å². The van der Waals surface area contributed by atoms with Crippen LogP contribution in [0.5, 0.6) is 0 Å². The van der Waals surface area contributed by atoms with Gasteiger partial charge in [-0.3, -0.25) is 9.59 Å². The molecule has 5 heteroatoms. The van der Waals surface area contributed by atoms with Crippen LogP contribution < -0.4 is 4.90 Å². The van der Waals surface area contributed by atoms with Crippen molar-refractivity contribution in [1.29, 1.82) is 0 Å². The van der Waals surface area contributed by atoms with Crippen molar-refractivity contribution in [3.63, 3.8) is 0 Å². The third-order valence-corrected chi connectivity index (χ3v) is 7.30. The van der Waals surface area contributed by atoms with Gasteiger partial charge in [-0.05, 0) is 23.0 Å². The predicted molar refractivity (Wildman–Crippen MR) is 98.8 cm³/mol. The number of hydrogen-bond acceptors (Lipinski definition) is 4. The van der Waals surface area contributed by atoms with Gasteiger partial charge in [0.15, 0.2) is 5.13 Å². The SMILES string of the molecule is O=C1[C@@H]2[C@H](C(=O)N1c1nccs1)[C@H]1c3ccccc3[C@H]2[C@@H]2C=CC=C[C@@H]21. The van der Waals surface area contributed by atoms with Crippen LogP contribution in [0, 0.1) is 23.7 Å². The number of carbonyl (C=O) groups is 2. The van der Waals surface area contributed by atoms with Crippen LogP contribution in [0.1, 0.15) is 23.0 Å². The Morgan fingerprint density at radius 1 is 0.846 bits per heavy atom. The second-order valence-corrected chi connectivity index (χ2v) is 8.36. The molecule has 1 aromatic carbocycles. The first kappa shape index (κ1) is 14.6. The average Bonchev–Trinajstić information content (AvgIpc) is 3.29. The first-order chi connectivity index (χ1) is 12.8. The molecule has 0 spiro atoms. The maximum absolute atomic E-state index is 13.4. The van der Waals surface area contributed by atoms with E-state index in [2.05, 4.69) is 41.4 Å². The molecule has 2 aromatic rings. The lowest BCUT2D eigenvalue weighted by Gasteiger charge is -2.53. The van der Waals surface area contributed by atoms with E-state index in [1.54, 1.807) is 6.20 Å². The molecule has 1 saturated carbocycles. The van der Waals surface area contributed by atoms with Crippen LogP contribution in [-0.2, 0) is 9.59 Å². The fraction of sp³-hybridized carbons (Fsp3) is 0.286. The fourth-order valence-electron chi connectivity index (χ4n) is 5.74. The summed E-state index contributed by atoms with van der Waals surface area (Å²) in [5.41, 5.74) is 2.50. The largest absolute Gasteiger partial charge is 0.274 e. The average molecular weight is 360 g/mol. The van der Waals surface area contributed by atoms with Crippen molar-refractivity contribution in [3.05, 3.63) is 71.3 Å². The van der Waals surface area contributed by atoms with Gasteiger partial charge in [0.25, 0.3) is 0 Å². The normalized spacial score (nSPS) is 36.2. The molecule has 7 rings (SSSR count). The van der Waals surface area contributed by atoms with E-state index in [-0.39, 0.29) is 47.3 Å².